The Hall–Kier alpha value is -5.07. The molecule has 0 atom stereocenters. The van der Waals surface area contributed by atoms with Gasteiger partial charge in [-0.25, -0.2) is 8.42 Å². The van der Waals surface area contributed by atoms with Crippen molar-refractivity contribution < 1.29 is 76.3 Å². The Bertz CT molecular complexity index is 3220. The summed E-state index contributed by atoms with van der Waals surface area (Å²) in [6.07, 6.45) is 7.97. The number of carbonyl (C=O) groups is 2. The van der Waals surface area contributed by atoms with Gasteiger partial charge in [-0.3, -0.25) is 23.2 Å². The van der Waals surface area contributed by atoms with Crippen molar-refractivity contribution in [2.75, 3.05) is 18.0 Å². The molecule has 22 heteroatoms. The molecule has 350 valence electrons. The maximum atomic E-state index is 12.6. The van der Waals surface area contributed by atoms with Crippen LogP contribution >= 0.6 is 0 Å². The predicted molar refractivity (Wildman–Crippen MR) is 238 cm³/mol. The minimum atomic E-state index is -5.23. The van der Waals surface area contributed by atoms with E-state index in [2.05, 4.69) is 0 Å². The fourth-order valence-electron chi connectivity index (χ4n) is 9.16. The number of hydrogen-bond donors (Lipinski definition) is 5. The first kappa shape index (κ1) is 49.4. The van der Waals surface area contributed by atoms with Crippen LogP contribution < -0.4 is 4.90 Å². The van der Waals surface area contributed by atoms with E-state index in [4.69, 9.17) is 0 Å². The maximum Gasteiger partial charge on any atom is 0.303 e. The summed E-state index contributed by atoms with van der Waals surface area (Å²) in [5.41, 5.74) is 1.13. The summed E-state index contributed by atoms with van der Waals surface area (Å²) >= 11 is 0. The topological polar surface area (TPSA) is 301 Å². The number of hydrogen-bond acceptors (Lipinski definition) is 12. The SMILES string of the molecule is CC1(C)C(/C=C/C=C2\N(CCCCCC(=O)O)c3ccc4c(S(=O)(=O)O)cc(S(=O)(=O)[O-])cc4c3C2(C)C)=[N+](CCCCCC(=O)O)c2ccc3c(S(=O)(=O)O)cc(S(=O)(=O)O)cc3c21. The normalized spacial score (nSPS) is 16.9. The second kappa shape index (κ2) is 17.6. The summed E-state index contributed by atoms with van der Waals surface area (Å²) in [5, 5.41) is 18.6. The Morgan fingerprint density at radius 3 is 1.71 bits per heavy atom. The van der Waals surface area contributed by atoms with E-state index in [1.807, 2.05) is 23.3 Å². The van der Waals surface area contributed by atoms with E-state index >= 15 is 0 Å². The van der Waals surface area contributed by atoms with E-state index in [0.29, 0.717) is 97.7 Å². The van der Waals surface area contributed by atoms with Crippen molar-refractivity contribution in [2.45, 2.75) is 109 Å². The van der Waals surface area contributed by atoms with Gasteiger partial charge in [0.05, 0.1) is 15.2 Å². The van der Waals surface area contributed by atoms with Crippen molar-refractivity contribution >= 4 is 91.0 Å². The second-order valence-corrected chi connectivity index (χ2v) is 22.7. The number of rotatable bonds is 18. The van der Waals surface area contributed by atoms with E-state index in [-0.39, 0.29) is 34.4 Å². The average molecular weight is 977 g/mol. The van der Waals surface area contributed by atoms with Gasteiger partial charge < -0.3 is 19.7 Å². The van der Waals surface area contributed by atoms with E-state index in [0.717, 1.165) is 12.1 Å². The fourth-order valence-corrected chi connectivity index (χ4v) is 11.8. The molecule has 0 spiro atoms. The van der Waals surface area contributed by atoms with Crippen LogP contribution in [0.1, 0.15) is 90.2 Å². The summed E-state index contributed by atoms with van der Waals surface area (Å²) in [7, 11) is -20.3. The Balaban J connectivity index is 1.55. The van der Waals surface area contributed by atoms with Crippen molar-refractivity contribution in [1.82, 2.24) is 0 Å². The summed E-state index contributed by atoms with van der Waals surface area (Å²) in [4.78, 5) is 21.3. The van der Waals surface area contributed by atoms with Crippen molar-refractivity contribution in [2.24, 2.45) is 0 Å². The lowest BCUT2D eigenvalue weighted by Crippen LogP contribution is -2.28. The molecular weight excluding hydrogens is 929 g/mol. The molecule has 0 unspecified atom stereocenters. The molecular formula is C43H48N2O16S4. The summed E-state index contributed by atoms with van der Waals surface area (Å²) < 4.78 is 145. The Labute approximate surface area is 376 Å². The molecule has 0 fully saturated rings. The number of nitrogens with zero attached hydrogens (tertiary/aromatic N) is 2. The van der Waals surface area contributed by atoms with Crippen molar-refractivity contribution in [3.8, 4) is 0 Å². The molecule has 6 rings (SSSR count). The van der Waals surface area contributed by atoms with E-state index in [9.17, 15) is 71.7 Å². The molecule has 2 heterocycles. The van der Waals surface area contributed by atoms with Gasteiger partial charge in [0.15, 0.2) is 5.71 Å². The number of aliphatic carboxylic acids is 2. The molecule has 65 heavy (non-hydrogen) atoms. The van der Waals surface area contributed by atoms with Crippen LogP contribution in [0.5, 0.6) is 0 Å². The van der Waals surface area contributed by atoms with Gasteiger partial charge in [0.2, 0.25) is 5.69 Å². The van der Waals surface area contributed by atoms with Crippen LogP contribution in [-0.2, 0) is 60.9 Å². The van der Waals surface area contributed by atoms with Crippen LogP contribution in [0.3, 0.4) is 0 Å². The number of fused-ring (bicyclic) bond motifs is 6. The third-order valence-corrected chi connectivity index (χ3v) is 15.4. The van der Waals surface area contributed by atoms with Crippen LogP contribution in [0.15, 0.2) is 92.0 Å². The average Bonchev–Trinajstić information content (AvgIpc) is 3.53. The molecule has 0 saturated carbocycles. The lowest BCUT2D eigenvalue weighted by molar-refractivity contribution is -0.438. The standard InChI is InChI=1S/C43H48N2O16S4/c1-42(2)36(44(20-9-5-7-14-38(46)47)32-18-16-28-30(40(32)42)22-26(62(50,51)52)24-34(28)64(56,57)58)12-11-13-37-43(3,4)41-31-23-27(63(53,54)55)25-35(65(59,60)61)29(31)17-19-33(41)45(37)21-10-6-8-15-39(48)49/h11-13,16-19,22-25H,5-10,14-15,20-21H2,1-4H3,(H5-,46,47,48,49,50,51,52,53,54,55,56,57,58,59,60,61). The van der Waals surface area contributed by atoms with Crippen molar-refractivity contribution in [3.05, 3.63) is 83.6 Å². The van der Waals surface area contributed by atoms with E-state index in [1.165, 1.54) is 12.1 Å². The van der Waals surface area contributed by atoms with Gasteiger partial charge in [0.1, 0.15) is 26.5 Å². The van der Waals surface area contributed by atoms with Gasteiger partial charge in [0.25, 0.3) is 30.4 Å². The highest BCUT2D eigenvalue weighted by molar-refractivity contribution is 7.87. The third kappa shape index (κ3) is 9.90. The minimum absolute atomic E-state index is 0.0118. The molecule has 0 aromatic heterocycles. The molecule has 2 aliphatic rings. The summed E-state index contributed by atoms with van der Waals surface area (Å²) in [6.45, 7) is 7.88. The lowest BCUT2D eigenvalue weighted by atomic mass is 9.78. The molecule has 0 saturated heterocycles. The first-order valence-electron chi connectivity index (χ1n) is 20.3. The van der Waals surface area contributed by atoms with Crippen LogP contribution in [0.25, 0.3) is 21.5 Å². The number of anilines is 1. The highest BCUT2D eigenvalue weighted by Gasteiger charge is 2.47. The van der Waals surface area contributed by atoms with Gasteiger partial charge in [-0.15, -0.1) is 0 Å². The largest absolute Gasteiger partial charge is 0.744 e. The van der Waals surface area contributed by atoms with E-state index < -0.39 is 82.8 Å². The van der Waals surface area contributed by atoms with E-state index in [1.54, 1.807) is 44.2 Å². The number of unbranched alkanes of at least 4 members (excludes halogenated alkanes) is 4. The first-order chi connectivity index (χ1) is 30.0. The Morgan fingerprint density at radius 1 is 0.646 bits per heavy atom. The number of carboxylic acid groups (broad SMARTS) is 2. The lowest BCUT2D eigenvalue weighted by Gasteiger charge is -2.27. The van der Waals surface area contributed by atoms with Crippen molar-refractivity contribution in [1.29, 1.82) is 0 Å². The van der Waals surface area contributed by atoms with Gasteiger partial charge >= 0.3 is 11.9 Å². The predicted octanol–water partition coefficient (Wildman–Crippen LogP) is 6.54. The highest BCUT2D eigenvalue weighted by Crippen LogP contribution is 2.52. The fraction of sp³-hybridized carbons (Fsp3) is 0.372. The highest BCUT2D eigenvalue weighted by atomic mass is 32.2. The minimum Gasteiger partial charge on any atom is -0.744 e. The molecule has 0 amide bonds. The van der Waals surface area contributed by atoms with Crippen LogP contribution in [0.4, 0.5) is 11.4 Å². The van der Waals surface area contributed by atoms with Crippen LogP contribution in [-0.4, -0.2) is 97.4 Å². The molecule has 5 N–H and O–H groups in total. The molecule has 0 radical (unpaired) electrons. The van der Waals surface area contributed by atoms with Gasteiger partial charge in [-0.2, -0.15) is 29.8 Å². The number of benzene rings is 4. The van der Waals surface area contributed by atoms with Gasteiger partial charge in [0, 0.05) is 71.1 Å². The number of carboxylic acids is 2. The Kier molecular flexibility index (Phi) is 13.4. The molecule has 2 aliphatic heterocycles. The van der Waals surface area contributed by atoms with Gasteiger partial charge in [-0.05, 0) is 98.3 Å². The zero-order valence-corrected chi connectivity index (χ0v) is 38.9. The van der Waals surface area contributed by atoms with Crippen molar-refractivity contribution in [3.63, 3.8) is 0 Å². The van der Waals surface area contributed by atoms with Crippen LogP contribution in [0.2, 0.25) is 0 Å². The quantitative estimate of drug-likeness (QED) is 0.0401. The second-order valence-electron chi connectivity index (χ2n) is 17.1. The van der Waals surface area contributed by atoms with Gasteiger partial charge in [-0.1, -0.05) is 32.4 Å². The zero-order valence-electron chi connectivity index (χ0n) is 35.7. The summed E-state index contributed by atoms with van der Waals surface area (Å²) in [5.74, 6) is -1.91. The molecule has 0 aliphatic carbocycles. The smallest absolute Gasteiger partial charge is 0.303 e. The van der Waals surface area contributed by atoms with Crippen LogP contribution in [0, 0.1) is 0 Å². The molecule has 0 bridgehead atoms. The maximum absolute atomic E-state index is 12.6. The zero-order chi connectivity index (χ0) is 48.2. The monoisotopic (exact) mass is 976 g/mol. The molecule has 4 aromatic rings. The number of allylic oxidation sites excluding steroid dienone is 4. The first-order valence-corrected chi connectivity index (χ1v) is 26.1. The molecule has 18 nitrogen and oxygen atoms in total. The summed E-state index contributed by atoms with van der Waals surface area (Å²) in [6, 6.07) is 9.55. The Morgan fingerprint density at radius 2 is 1.17 bits per heavy atom. The molecule has 4 aromatic carbocycles. The third-order valence-electron chi connectivity index (χ3n) is 12.0.